The second-order valence-electron chi connectivity index (χ2n) is 8.83. The zero-order chi connectivity index (χ0) is 27.1. The Morgan fingerprint density at radius 3 is 2.32 bits per heavy atom. The van der Waals surface area contributed by atoms with Crippen molar-refractivity contribution in [2.24, 2.45) is 0 Å². The van der Waals surface area contributed by atoms with Gasteiger partial charge in [-0.25, -0.2) is 9.18 Å². The molecule has 0 saturated carbocycles. The summed E-state index contributed by atoms with van der Waals surface area (Å²) in [5.74, 6) is -1.36. The van der Waals surface area contributed by atoms with Crippen LogP contribution in [0.5, 0.6) is 0 Å². The average Bonchev–Trinajstić information content (AvgIpc) is 3.13. The second kappa shape index (κ2) is 12.4. The molecule has 1 unspecified atom stereocenters. The number of thiocarbonyl (C=S) groups is 1. The molecule has 3 aromatic carbocycles. The Balaban J connectivity index is 1.47. The molecule has 0 radical (unpaired) electrons. The van der Waals surface area contributed by atoms with Gasteiger partial charge in [0.05, 0.1) is 25.1 Å². The molecule has 0 aliphatic carbocycles. The maximum absolute atomic E-state index is 13.5. The SMILES string of the molecule is CCOC(=O)c1ccc(NC(=O)CC2C(=O)N(Cc3ccccc3)C(=S)N2CCc2ccc(F)cc2)cc1. The third-order valence-corrected chi connectivity index (χ3v) is 6.66. The molecule has 196 valence electrons. The van der Waals surface area contributed by atoms with Crippen molar-refractivity contribution in [2.45, 2.75) is 32.4 Å². The number of hydrogen-bond donors (Lipinski definition) is 1. The minimum Gasteiger partial charge on any atom is -0.462 e. The van der Waals surface area contributed by atoms with E-state index in [2.05, 4.69) is 5.32 Å². The van der Waals surface area contributed by atoms with Crippen molar-refractivity contribution >= 4 is 40.8 Å². The Morgan fingerprint density at radius 1 is 0.974 bits per heavy atom. The number of amides is 2. The van der Waals surface area contributed by atoms with Gasteiger partial charge in [-0.3, -0.25) is 14.5 Å². The van der Waals surface area contributed by atoms with Crippen LogP contribution in [0, 0.1) is 5.82 Å². The van der Waals surface area contributed by atoms with Gasteiger partial charge in [0.25, 0.3) is 5.91 Å². The fraction of sp³-hybridized carbons (Fsp3) is 0.241. The molecule has 1 heterocycles. The van der Waals surface area contributed by atoms with Crippen LogP contribution >= 0.6 is 12.2 Å². The van der Waals surface area contributed by atoms with Gasteiger partial charge in [-0.05, 0) is 73.1 Å². The number of esters is 1. The molecule has 0 spiro atoms. The van der Waals surface area contributed by atoms with Gasteiger partial charge in [0.2, 0.25) is 5.91 Å². The molecular formula is C29H28FN3O4S. The highest BCUT2D eigenvalue weighted by molar-refractivity contribution is 7.80. The number of ether oxygens (including phenoxy) is 1. The molecule has 1 saturated heterocycles. The van der Waals surface area contributed by atoms with Crippen LogP contribution in [-0.4, -0.2) is 51.9 Å². The fourth-order valence-corrected chi connectivity index (χ4v) is 4.62. The summed E-state index contributed by atoms with van der Waals surface area (Å²) in [6, 6.07) is 21.3. The number of nitrogens with zero attached hydrogens (tertiary/aromatic N) is 2. The first-order valence-corrected chi connectivity index (χ1v) is 12.7. The van der Waals surface area contributed by atoms with Crippen LogP contribution in [0.3, 0.4) is 0 Å². The zero-order valence-electron chi connectivity index (χ0n) is 20.9. The zero-order valence-corrected chi connectivity index (χ0v) is 21.7. The third-order valence-electron chi connectivity index (χ3n) is 6.20. The predicted molar refractivity (Wildman–Crippen MR) is 146 cm³/mol. The molecule has 1 fully saturated rings. The maximum Gasteiger partial charge on any atom is 0.338 e. The summed E-state index contributed by atoms with van der Waals surface area (Å²) in [6.07, 6.45) is 0.424. The molecule has 0 bridgehead atoms. The minimum atomic E-state index is -0.773. The van der Waals surface area contributed by atoms with Crippen molar-refractivity contribution < 1.29 is 23.5 Å². The van der Waals surface area contributed by atoms with E-state index < -0.39 is 12.0 Å². The quantitative estimate of drug-likeness (QED) is 0.304. The van der Waals surface area contributed by atoms with Crippen LogP contribution in [0.1, 0.15) is 34.8 Å². The smallest absolute Gasteiger partial charge is 0.338 e. The van der Waals surface area contributed by atoms with Crippen molar-refractivity contribution in [1.82, 2.24) is 9.80 Å². The topological polar surface area (TPSA) is 78.9 Å². The summed E-state index contributed by atoms with van der Waals surface area (Å²) in [7, 11) is 0. The minimum absolute atomic E-state index is 0.104. The van der Waals surface area contributed by atoms with Crippen LogP contribution in [0.4, 0.5) is 10.1 Å². The summed E-state index contributed by atoms with van der Waals surface area (Å²) >= 11 is 5.69. The number of hydrogen-bond acceptors (Lipinski definition) is 5. The van der Waals surface area contributed by atoms with Gasteiger partial charge in [-0.15, -0.1) is 0 Å². The van der Waals surface area contributed by atoms with Crippen LogP contribution in [0.2, 0.25) is 0 Å². The Morgan fingerprint density at radius 2 is 1.66 bits per heavy atom. The lowest BCUT2D eigenvalue weighted by Gasteiger charge is -2.24. The van der Waals surface area contributed by atoms with E-state index in [0.717, 1.165) is 11.1 Å². The Hall–Kier alpha value is -4.11. The van der Waals surface area contributed by atoms with Gasteiger partial charge in [0, 0.05) is 12.2 Å². The van der Waals surface area contributed by atoms with Crippen molar-refractivity contribution in [2.75, 3.05) is 18.5 Å². The number of nitrogens with one attached hydrogen (secondary N) is 1. The highest BCUT2D eigenvalue weighted by Crippen LogP contribution is 2.24. The molecule has 3 aromatic rings. The van der Waals surface area contributed by atoms with E-state index in [4.69, 9.17) is 17.0 Å². The van der Waals surface area contributed by atoms with Crippen LogP contribution in [0.25, 0.3) is 0 Å². The number of rotatable bonds is 10. The van der Waals surface area contributed by atoms with E-state index in [1.54, 1.807) is 48.2 Å². The molecule has 1 aliphatic rings. The molecule has 7 nitrogen and oxygen atoms in total. The summed E-state index contributed by atoms with van der Waals surface area (Å²) in [4.78, 5) is 41.6. The second-order valence-corrected chi connectivity index (χ2v) is 9.19. The van der Waals surface area contributed by atoms with Gasteiger partial charge in [-0.2, -0.15) is 0 Å². The molecule has 1 N–H and O–H groups in total. The molecule has 38 heavy (non-hydrogen) atoms. The normalized spacial score (nSPS) is 15.1. The monoisotopic (exact) mass is 533 g/mol. The summed E-state index contributed by atoms with van der Waals surface area (Å²) in [6.45, 7) is 2.70. The number of carbonyl (C=O) groups excluding carboxylic acids is 3. The van der Waals surface area contributed by atoms with Gasteiger partial charge < -0.3 is 15.0 Å². The van der Waals surface area contributed by atoms with Gasteiger partial charge in [-0.1, -0.05) is 42.5 Å². The summed E-state index contributed by atoms with van der Waals surface area (Å²) in [5.41, 5.74) is 2.70. The van der Waals surface area contributed by atoms with Crippen molar-refractivity contribution in [3.63, 3.8) is 0 Å². The summed E-state index contributed by atoms with van der Waals surface area (Å²) in [5, 5.41) is 3.15. The number of halogens is 1. The highest BCUT2D eigenvalue weighted by atomic mass is 32.1. The predicted octanol–water partition coefficient (Wildman–Crippen LogP) is 4.57. The first-order valence-electron chi connectivity index (χ1n) is 12.3. The molecule has 2 amide bonds. The summed E-state index contributed by atoms with van der Waals surface area (Å²) < 4.78 is 18.3. The lowest BCUT2D eigenvalue weighted by molar-refractivity contribution is -0.131. The Labute approximate surface area is 226 Å². The van der Waals surface area contributed by atoms with Crippen LogP contribution in [-0.2, 0) is 27.3 Å². The van der Waals surface area contributed by atoms with E-state index >= 15 is 0 Å². The highest BCUT2D eigenvalue weighted by Gasteiger charge is 2.43. The van der Waals surface area contributed by atoms with Crippen molar-refractivity contribution in [1.29, 1.82) is 0 Å². The fourth-order valence-electron chi connectivity index (χ4n) is 4.25. The van der Waals surface area contributed by atoms with E-state index in [1.165, 1.54) is 17.0 Å². The maximum atomic E-state index is 13.5. The molecule has 4 rings (SSSR count). The van der Waals surface area contributed by atoms with Crippen LogP contribution < -0.4 is 5.32 Å². The van der Waals surface area contributed by atoms with E-state index in [0.29, 0.717) is 35.9 Å². The third kappa shape index (κ3) is 6.60. The van der Waals surface area contributed by atoms with Crippen molar-refractivity contribution in [3.05, 3.63) is 101 Å². The molecule has 9 heteroatoms. The first kappa shape index (κ1) is 26.9. The molecular weight excluding hydrogens is 505 g/mol. The average molecular weight is 534 g/mol. The molecule has 1 atom stereocenters. The van der Waals surface area contributed by atoms with Gasteiger partial charge in [0.1, 0.15) is 11.9 Å². The van der Waals surface area contributed by atoms with Gasteiger partial charge >= 0.3 is 5.97 Å². The Bertz CT molecular complexity index is 1300. The lowest BCUT2D eigenvalue weighted by atomic mass is 10.1. The Kier molecular flexibility index (Phi) is 8.81. The first-order chi connectivity index (χ1) is 18.4. The number of benzene rings is 3. The van der Waals surface area contributed by atoms with E-state index in [1.807, 2.05) is 30.3 Å². The number of carbonyl (C=O) groups is 3. The van der Waals surface area contributed by atoms with Gasteiger partial charge in [0.15, 0.2) is 5.11 Å². The largest absolute Gasteiger partial charge is 0.462 e. The molecule has 0 aromatic heterocycles. The van der Waals surface area contributed by atoms with Crippen molar-refractivity contribution in [3.8, 4) is 0 Å². The molecule has 1 aliphatic heterocycles. The number of anilines is 1. The van der Waals surface area contributed by atoms with E-state index in [9.17, 15) is 18.8 Å². The van der Waals surface area contributed by atoms with Crippen LogP contribution in [0.15, 0.2) is 78.9 Å². The van der Waals surface area contributed by atoms with E-state index in [-0.39, 0.29) is 30.7 Å². The standard InChI is InChI=1S/C29H28FN3O4S/c1-2-37-28(36)22-10-14-24(15-11-22)31-26(34)18-25-27(35)33(19-21-6-4-3-5-7-21)29(38)32(25)17-16-20-8-12-23(30)13-9-20/h3-15,25H,2,16-19H2,1H3,(H,31,34). The lowest BCUT2D eigenvalue weighted by Crippen LogP contribution is -2.39.